The summed E-state index contributed by atoms with van der Waals surface area (Å²) in [4.78, 5) is 26.1. The average Bonchev–Trinajstić information content (AvgIpc) is 2.78. The van der Waals surface area contributed by atoms with Gasteiger partial charge in [-0.05, 0) is 43.5 Å². The van der Waals surface area contributed by atoms with Gasteiger partial charge in [-0.2, -0.15) is 0 Å². The van der Waals surface area contributed by atoms with E-state index < -0.39 is 22.0 Å². The Bertz CT molecular complexity index is 1030. The van der Waals surface area contributed by atoms with Crippen molar-refractivity contribution in [3.63, 3.8) is 0 Å². The highest BCUT2D eigenvalue weighted by Crippen LogP contribution is 2.24. The first kappa shape index (κ1) is 23.8. The third-order valence-corrected chi connectivity index (χ3v) is 6.89. The molecule has 2 amide bonds. The quantitative estimate of drug-likeness (QED) is 0.628. The summed E-state index contributed by atoms with van der Waals surface area (Å²) in [5, 5.41) is 5.86. The lowest BCUT2D eigenvalue weighted by Gasteiger charge is -2.30. The van der Waals surface area contributed by atoms with Crippen molar-refractivity contribution in [3.8, 4) is 0 Å². The minimum absolute atomic E-state index is 0.141. The number of para-hydroxylation sites is 2. The lowest BCUT2D eigenvalue weighted by Crippen LogP contribution is -2.47. The van der Waals surface area contributed by atoms with Gasteiger partial charge in [0, 0.05) is 6.04 Å². The monoisotopic (exact) mass is 457 g/mol. The molecule has 0 saturated heterocycles. The molecule has 1 saturated carbocycles. The maximum absolute atomic E-state index is 13.2. The number of carbonyl (C=O) groups excluding carboxylic acids is 2. The molecule has 2 aromatic rings. The lowest BCUT2D eigenvalue weighted by atomic mass is 9.95. The van der Waals surface area contributed by atoms with Crippen LogP contribution in [-0.2, 0) is 14.8 Å². The molecule has 0 spiro atoms. The van der Waals surface area contributed by atoms with Gasteiger partial charge in [0.05, 0.1) is 23.2 Å². The van der Waals surface area contributed by atoms with E-state index in [4.69, 9.17) is 0 Å². The smallest absolute Gasteiger partial charge is 0.253 e. The number of hydrogen-bond acceptors (Lipinski definition) is 4. The number of nitrogens with one attached hydrogen (secondary N) is 2. The Hall–Kier alpha value is -2.87. The largest absolute Gasteiger partial charge is 0.349 e. The molecule has 0 aliphatic heterocycles. The van der Waals surface area contributed by atoms with Crippen molar-refractivity contribution in [1.82, 2.24) is 5.32 Å². The van der Waals surface area contributed by atoms with Crippen LogP contribution in [0.5, 0.6) is 0 Å². The number of hydrogen-bond donors (Lipinski definition) is 2. The molecule has 32 heavy (non-hydrogen) atoms. The molecule has 0 heterocycles. The van der Waals surface area contributed by atoms with Crippen LogP contribution in [0.15, 0.2) is 54.6 Å². The molecule has 0 bridgehead atoms. The summed E-state index contributed by atoms with van der Waals surface area (Å²) in [5.41, 5.74) is 1.15. The molecule has 2 N–H and O–H groups in total. The molecule has 1 aliphatic rings. The van der Waals surface area contributed by atoms with Crippen LogP contribution >= 0.6 is 0 Å². The number of rotatable bonds is 8. The topological polar surface area (TPSA) is 95.6 Å². The van der Waals surface area contributed by atoms with Gasteiger partial charge in [0.25, 0.3) is 5.91 Å². The van der Waals surface area contributed by atoms with Crippen molar-refractivity contribution >= 4 is 33.2 Å². The Kier molecular flexibility index (Phi) is 7.90. The van der Waals surface area contributed by atoms with Crippen LogP contribution in [0.1, 0.15) is 55.8 Å². The third-order valence-electron chi connectivity index (χ3n) is 5.71. The fourth-order valence-electron chi connectivity index (χ4n) is 4.15. The zero-order valence-electron chi connectivity index (χ0n) is 18.6. The molecule has 3 rings (SSSR count). The van der Waals surface area contributed by atoms with Crippen LogP contribution in [-0.4, -0.2) is 38.6 Å². The summed E-state index contributed by atoms with van der Waals surface area (Å²) in [6.45, 7) is 1.76. The standard InChI is InChI=1S/C24H31N3O4S/c1-3-22(27(32(2,30)31)19-14-8-5-9-15-19)24(29)26-21-17-11-10-16-20(21)23(28)25-18-12-6-4-7-13-18/h5,8-11,14-18,22H,3-4,6-7,12-13H2,1-2H3,(H,25,28)(H,26,29)/t22-/m0/s1. The summed E-state index contributed by atoms with van der Waals surface area (Å²) < 4.78 is 26.3. The summed E-state index contributed by atoms with van der Waals surface area (Å²) in [7, 11) is -3.72. The van der Waals surface area contributed by atoms with Crippen LogP contribution in [0, 0.1) is 0 Å². The molecule has 1 aliphatic carbocycles. The van der Waals surface area contributed by atoms with E-state index in [0.717, 1.165) is 36.2 Å². The Labute approximate surface area is 190 Å². The minimum Gasteiger partial charge on any atom is -0.349 e. The fourth-order valence-corrected chi connectivity index (χ4v) is 5.36. The Balaban J connectivity index is 1.83. The van der Waals surface area contributed by atoms with E-state index in [0.29, 0.717) is 16.9 Å². The number of amides is 2. The second-order valence-electron chi connectivity index (χ2n) is 8.16. The number of sulfonamides is 1. The molecule has 1 fully saturated rings. The van der Waals surface area contributed by atoms with Gasteiger partial charge >= 0.3 is 0 Å². The van der Waals surface area contributed by atoms with Crippen molar-refractivity contribution < 1.29 is 18.0 Å². The second-order valence-corrected chi connectivity index (χ2v) is 10.0. The van der Waals surface area contributed by atoms with Crippen molar-refractivity contribution in [1.29, 1.82) is 0 Å². The first-order valence-electron chi connectivity index (χ1n) is 11.1. The average molecular weight is 458 g/mol. The van der Waals surface area contributed by atoms with E-state index in [-0.39, 0.29) is 18.4 Å². The minimum atomic E-state index is -3.72. The van der Waals surface area contributed by atoms with E-state index in [1.165, 1.54) is 6.42 Å². The van der Waals surface area contributed by atoms with Crippen LogP contribution in [0.3, 0.4) is 0 Å². The number of carbonyl (C=O) groups is 2. The van der Waals surface area contributed by atoms with Gasteiger partial charge in [-0.25, -0.2) is 8.42 Å². The highest BCUT2D eigenvalue weighted by molar-refractivity contribution is 7.92. The maximum atomic E-state index is 13.2. The summed E-state index contributed by atoms with van der Waals surface area (Å²) in [5.74, 6) is -0.719. The van der Waals surface area contributed by atoms with Crippen molar-refractivity contribution in [2.45, 2.75) is 57.5 Å². The first-order valence-corrected chi connectivity index (χ1v) is 12.9. The predicted octanol–water partition coefficient (Wildman–Crippen LogP) is 3.93. The molecule has 0 unspecified atom stereocenters. The highest BCUT2D eigenvalue weighted by Gasteiger charge is 2.32. The van der Waals surface area contributed by atoms with E-state index >= 15 is 0 Å². The summed E-state index contributed by atoms with van der Waals surface area (Å²) in [6, 6.07) is 14.5. The van der Waals surface area contributed by atoms with Crippen LogP contribution in [0.4, 0.5) is 11.4 Å². The highest BCUT2D eigenvalue weighted by atomic mass is 32.2. The van der Waals surface area contributed by atoms with Crippen LogP contribution in [0.2, 0.25) is 0 Å². The van der Waals surface area contributed by atoms with Crippen molar-refractivity contribution in [3.05, 3.63) is 60.2 Å². The van der Waals surface area contributed by atoms with E-state index in [9.17, 15) is 18.0 Å². The molecule has 2 aromatic carbocycles. The van der Waals surface area contributed by atoms with E-state index in [2.05, 4.69) is 10.6 Å². The van der Waals surface area contributed by atoms with Gasteiger partial charge in [-0.3, -0.25) is 13.9 Å². The van der Waals surface area contributed by atoms with Gasteiger partial charge < -0.3 is 10.6 Å². The molecule has 7 nitrogen and oxygen atoms in total. The van der Waals surface area contributed by atoms with Gasteiger partial charge in [-0.1, -0.05) is 56.5 Å². The summed E-state index contributed by atoms with van der Waals surface area (Å²) in [6.07, 6.45) is 6.66. The molecule has 172 valence electrons. The Morgan fingerprint density at radius 1 is 1.00 bits per heavy atom. The zero-order valence-corrected chi connectivity index (χ0v) is 19.4. The SMILES string of the molecule is CC[C@@H](C(=O)Nc1ccccc1C(=O)NC1CCCCC1)N(c1ccccc1)S(C)(=O)=O. The molecule has 0 aromatic heterocycles. The molecule has 0 radical (unpaired) electrons. The van der Waals surface area contributed by atoms with E-state index in [1.54, 1.807) is 61.5 Å². The second kappa shape index (κ2) is 10.6. The normalized spacial score (nSPS) is 15.6. The van der Waals surface area contributed by atoms with E-state index in [1.807, 2.05) is 0 Å². The molecular weight excluding hydrogens is 426 g/mol. The Morgan fingerprint density at radius 3 is 2.25 bits per heavy atom. The lowest BCUT2D eigenvalue weighted by molar-refractivity contribution is -0.117. The zero-order chi connectivity index (χ0) is 23.1. The first-order chi connectivity index (χ1) is 15.3. The number of nitrogens with zero attached hydrogens (tertiary/aromatic N) is 1. The molecular formula is C24H31N3O4S. The van der Waals surface area contributed by atoms with Crippen molar-refractivity contribution in [2.75, 3.05) is 15.9 Å². The van der Waals surface area contributed by atoms with Crippen LogP contribution in [0.25, 0.3) is 0 Å². The molecule has 8 heteroatoms. The predicted molar refractivity (Wildman–Crippen MR) is 127 cm³/mol. The summed E-state index contributed by atoms with van der Waals surface area (Å²) >= 11 is 0. The number of anilines is 2. The Morgan fingerprint density at radius 2 is 1.62 bits per heavy atom. The number of benzene rings is 2. The van der Waals surface area contributed by atoms with Gasteiger partial charge in [0.2, 0.25) is 15.9 Å². The molecule has 1 atom stereocenters. The third kappa shape index (κ3) is 5.88. The van der Waals surface area contributed by atoms with Gasteiger partial charge in [0.15, 0.2) is 0 Å². The van der Waals surface area contributed by atoms with Crippen molar-refractivity contribution in [2.24, 2.45) is 0 Å². The fraction of sp³-hybridized carbons (Fsp3) is 0.417. The van der Waals surface area contributed by atoms with Crippen LogP contribution < -0.4 is 14.9 Å². The van der Waals surface area contributed by atoms with Gasteiger partial charge in [0.1, 0.15) is 6.04 Å². The maximum Gasteiger partial charge on any atom is 0.253 e. The van der Waals surface area contributed by atoms with Gasteiger partial charge in [-0.15, -0.1) is 0 Å².